The van der Waals surface area contributed by atoms with Gasteiger partial charge in [-0.3, -0.25) is 5.43 Å². The average molecular weight is 122 g/mol. The van der Waals surface area contributed by atoms with E-state index in [1.165, 1.54) is 6.33 Å². The summed E-state index contributed by atoms with van der Waals surface area (Å²) in [5, 5.41) is 3.43. The molecule has 0 aliphatic heterocycles. The first kappa shape index (κ1) is 5.68. The van der Waals surface area contributed by atoms with E-state index < -0.39 is 0 Å². The smallest absolute Gasteiger partial charge is 0.115 e. The van der Waals surface area contributed by atoms with Crippen molar-refractivity contribution in [3.05, 3.63) is 18.7 Å². The van der Waals surface area contributed by atoms with E-state index in [0.717, 1.165) is 5.69 Å². The lowest BCUT2D eigenvalue weighted by Gasteiger charge is -1.93. The highest BCUT2D eigenvalue weighted by molar-refractivity contribution is 5.39. The molecule has 0 radical (unpaired) electrons. The van der Waals surface area contributed by atoms with Crippen molar-refractivity contribution in [3.8, 4) is 0 Å². The van der Waals surface area contributed by atoms with Gasteiger partial charge in [0.25, 0.3) is 0 Å². The second-order valence-electron chi connectivity index (χ2n) is 1.40. The van der Waals surface area contributed by atoms with Gasteiger partial charge in [-0.1, -0.05) is 0 Å². The van der Waals surface area contributed by atoms with E-state index in [2.05, 4.69) is 27.2 Å². The molecular formula is C5H6N4. The van der Waals surface area contributed by atoms with E-state index in [1.54, 1.807) is 12.4 Å². The predicted octanol–water partition coefficient (Wildman–Crippen LogP) is 0.504. The van der Waals surface area contributed by atoms with E-state index in [1.807, 2.05) is 0 Å². The van der Waals surface area contributed by atoms with Crippen LogP contribution >= 0.6 is 0 Å². The van der Waals surface area contributed by atoms with Gasteiger partial charge >= 0.3 is 0 Å². The summed E-state index contributed by atoms with van der Waals surface area (Å²) < 4.78 is 0. The van der Waals surface area contributed by atoms with E-state index >= 15 is 0 Å². The lowest BCUT2D eigenvalue weighted by Crippen LogP contribution is -1.87. The van der Waals surface area contributed by atoms with E-state index in [9.17, 15) is 0 Å². The predicted molar refractivity (Wildman–Crippen MR) is 35.2 cm³/mol. The molecule has 4 heteroatoms. The van der Waals surface area contributed by atoms with Gasteiger partial charge in [0.15, 0.2) is 0 Å². The van der Waals surface area contributed by atoms with Gasteiger partial charge in [0, 0.05) is 6.72 Å². The maximum absolute atomic E-state index is 3.74. The highest BCUT2D eigenvalue weighted by Gasteiger charge is 1.83. The fourth-order valence-corrected chi connectivity index (χ4v) is 0.448. The van der Waals surface area contributed by atoms with E-state index in [0.29, 0.717) is 0 Å². The summed E-state index contributed by atoms with van der Waals surface area (Å²) in [4.78, 5) is 7.48. The van der Waals surface area contributed by atoms with Crippen molar-refractivity contribution in [1.29, 1.82) is 0 Å². The Bertz CT molecular complexity index is 183. The minimum atomic E-state index is 0.743. The Balaban J connectivity index is 2.72. The fraction of sp³-hybridized carbons (Fsp3) is 0. The monoisotopic (exact) mass is 122 g/mol. The zero-order valence-electron chi connectivity index (χ0n) is 4.78. The molecule has 0 aromatic carbocycles. The summed E-state index contributed by atoms with van der Waals surface area (Å²) in [6.07, 6.45) is 4.68. The number of hydrazone groups is 1. The Morgan fingerprint density at radius 1 is 1.44 bits per heavy atom. The van der Waals surface area contributed by atoms with Crippen molar-refractivity contribution >= 4 is 12.4 Å². The van der Waals surface area contributed by atoms with Crippen molar-refractivity contribution in [2.24, 2.45) is 5.10 Å². The molecule has 0 aliphatic rings. The van der Waals surface area contributed by atoms with E-state index in [4.69, 9.17) is 0 Å². The van der Waals surface area contributed by atoms with Gasteiger partial charge in [0.2, 0.25) is 0 Å². The molecule has 0 fully saturated rings. The molecule has 0 amide bonds. The maximum atomic E-state index is 3.74. The lowest BCUT2D eigenvalue weighted by atomic mass is 10.6. The Hall–Kier alpha value is -1.45. The molecule has 1 N–H and O–H groups in total. The number of rotatable bonds is 2. The largest absolute Gasteiger partial charge is 0.276 e. The van der Waals surface area contributed by atoms with Crippen LogP contribution in [0.15, 0.2) is 23.8 Å². The third-order valence-corrected chi connectivity index (χ3v) is 0.769. The molecule has 0 spiro atoms. The molecule has 9 heavy (non-hydrogen) atoms. The first-order valence-corrected chi connectivity index (χ1v) is 2.40. The SMILES string of the molecule is C=NNc1cncnc1. The van der Waals surface area contributed by atoms with Crippen LogP contribution in [0.25, 0.3) is 0 Å². The number of anilines is 1. The molecule has 1 heterocycles. The normalized spacial score (nSPS) is 8.44. The topological polar surface area (TPSA) is 50.2 Å². The Labute approximate surface area is 52.7 Å². The van der Waals surface area contributed by atoms with Gasteiger partial charge in [-0.15, -0.1) is 0 Å². The summed E-state index contributed by atoms with van der Waals surface area (Å²) in [6.45, 7) is 3.24. The number of hydrogen-bond acceptors (Lipinski definition) is 4. The van der Waals surface area contributed by atoms with Gasteiger partial charge in [-0.05, 0) is 0 Å². The van der Waals surface area contributed by atoms with Crippen LogP contribution in [0.5, 0.6) is 0 Å². The van der Waals surface area contributed by atoms with Gasteiger partial charge in [0.05, 0.1) is 18.1 Å². The lowest BCUT2D eigenvalue weighted by molar-refractivity contribution is 1.15. The standard InChI is InChI=1S/C5H6N4/c1-6-9-5-2-7-4-8-3-5/h2-4,9H,1H2. The molecule has 0 atom stereocenters. The molecule has 46 valence electrons. The molecule has 1 aromatic heterocycles. The summed E-state index contributed by atoms with van der Waals surface area (Å²) in [7, 11) is 0. The molecule has 0 saturated carbocycles. The maximum Gasteiger partial charge on any atom is 0.115 e. The highest BCUT2D eigenvalue weighted by Crippen LogP contribution is 1.97. The summed E-state index contributed by atoms with van der Waals surface area (Å²) in [5.41, 5.74) is 3.34. The average Bonchev–Trinajstić information content (AvgIpc) is 1.91. The number of hydrogen-bond donors (Lipinski definition) is 1. The molecule has 1 rings (SSSR count). The molecular weight excluding hydrogens is 116 g/mol. The van der Waals surface area contributed by atoms with Crippen LogP contribution in [0.3, 0.4) is 0 Å². The van der Waals surface area contributed by atoms with Crippen LogP contribution in [-0.4, -0.2) is 16.7 Å². The van der Waals surface area contributed by atoms with E-state index in [-0.39, 0.29) is 0 Å². The van der Waals surface area contributed by atoms with Crippen LogP contribution in [0.4, 0.5) is 5.69 Å². The van der Waals surface area contributed by atoms with Gasteiger partial charge in [-0.25, -0.2) is 9.97 Å². The first-order chi connectivity index (χ1) is 4.43. The highest BCUT2D eigenvalue weighted by atomic mass is 15.3. The van der Waals surface area contributed by atoms with Crippen LogP contribution < -0.4 is 5.43 Å². The van der Waals surface area contributed by atoms with Crippen molar-refractivity contribution in [2.75, 3.05) is 5.43 Å². The molecule has 0 aliphatic carbocycles. The molecule has 0 saturated heterocycles. The number of aromatic nitrogens is 2. The Morgan fingerprint density at radius 2 is 2.11 bits per heavy atom. The van der Waals surface area contributed by atoms with Crippen molar-refractivity contribution in [3.63, 3.8) is 0 Å². The van der Waals surface area contributed by atoms with Gasteiger partial charge < -0.3 is 0 Å². The summed E-state index contributed by atoms with van der Waals surface area (Å²) in [5.74, 6) is 0. The van der Waals surface area contributed by atoms with Crippen molar-refractivity contribution in [2.45, 2.75) is 0 Å². The zero-order valence-corrected chi connectivity index (χ0v) is 4.78. The minimum absolute atomic E-state index is 0.743. The third kappa shape index (κ3) is 1.49. The molecule has 4 nitrogen and oxygen atoms in total. The van der Waals surface area contributed by atoms with Gasteiger partial charge in [-0.2, -0.15) is 5.10 Å². The fourth-order valence-electron chi connectivity index (χ4n) is 0.448. The second-order valence-corrected chi connectivity index (χ2v) is 1.40. The van der Waals surface area contributed by atoms with Crippen LogP contribution in [0.2, 0.25) is 0 Å². The van der Waals surface area contributed by atoms with Crippen molar-refractivity contribution in [1.82, 2.24) is 9.97 Å². The number of nitrogens with one attached hydrogen (secondary N) is 1. The quantitative estimate of drug-likeness (QED) is 0.459. The molecule has 0 bridgehead atoms. The zero-order chi connectivity index (χ0) is 6.53. The molecule has 1 aromatic rings. The summed E-state index contributed by atoms with van der Waals surface area (Å²) >= 11 is 0. The Morgan fingerprint density at radius 3 is 2.67 bits per heavy atom. The first-order valence-electron chi connectivity index (χ1n) is 2.40. The van der Waals surface area contributed by atoms with Crippen molar-refractivity contribution < 1.29 is 0 Å². The van der Waals surface area contributed by atoms with Gasteiger partial charge in [0.1, 0.15) is 6.33 Å². The van der Waals surface area contributed by atoms with Crippen LogP contribution in [0, 0.1) is 0 Å². The Kier molecular flexibility index (Phi) is 1.74. The minimum Gasteiger partial charge on any atom is -0.276 e. The summed E-state index contributed by atoms with van der Waals surface area (Å²) in [6, 6.07) is 0. The third-order valence-electron chi connectivity index (χ3n) is 0.769. The molecule has 0 unspecified atom stereocenters. The second kappa shape index (κ2) is 2.76. The van der Waals surface area contributed by atoms with Crippen LogP contribution in [0.1, 0.15) is 0 Å². The number of nitrogens with zero attached hydrogens (tertiary/aromatic N) is 3. The van der Waals surface area contributed by atoms with Crippen LogP contribution in [-0.2, 0) is 0 Å².